The normalized spacial score (nSPS) is 12.1. The highest BCUT2D eigenvalue weighted by atomic mass is 32.2. The van der Waals surface area contributed by atoms with Gasteiger partial charge in [0.15, 0.2) is 9.84 Å². The van der Waals surface area contributed by atoms with Crippen molar-refractivity contribution in [3.05, 3.63) is 28.3 Å². The highest BCUT2D eigenvalue weighted by Crippen LogP contribution is 2.31. The highest BCUT2D eigenvalue weighted by molar-refractivity contribution is 7.91. The third-order valence-electron chi connectivity index (χ3n) is 2.58. The maximum Gasteiger partial charge on any atom is 0.310 e. The molecule has 0 spiro atoms. The average Bonchev–Trinajstić information content (AvgIpc) is 2.37. The summed E-state index contributed by atoms with van der Waals surface area (Å²) in [5, 5.41) is 13.6. The van der Waals surface area contributed by atoms with Crippen LogP contribution in [-0.4, -0.2) is 47.4 Å². The number of nitrogens with one attached hydrogen (secondary N) is 2. The molecule has 0 aliphatic carbocycles. The molecule has 21 heavy (non-hydrogen) atoms. The molecular weight excluding hydrogens is 322 g/mol. The molecule has 0 atom stereocenters. The van der Waals surface area contributed by atoms with Gasteiger partial charge in [-0.3, -0.25) is 10.1 Å². The van der Waals surface area contributed by atoms with E-state index in [-0.39, 0.29) is 18.0 Å². The average molecular weight is 337 g/mol. The van der Waals surface area contributed by atoms with E-state index in [1.54, 1.807) is 0 Å². The number of anilines is 1. The summed E-state index contributed by atoms with van der Waals surface area (Å²) in [6.07, 6.45) is 0.866. The van der Waals surface area contributed by atoms with E-state index in [4.69, 9.17) is 0 Å². The van der Waals surface area contributed by atoms with Gasteiger partial charge in [0.05, 0.1) is 10.7 Å². The molecule has 1 aromatic carbocycles. The molecule has 0 aromatic heterocycles. The second-order valence-electron chi connectivity index (χ2n) is 4.13. The Bertz CT molecular complexity index is 742. The number of para-hydroxylation sites is 1. The molecule has 11 heteroatoms. The lowest BCUT2D eigenvalue weighted by Crippen LogP contribution is -2.26. The first kappa shape index (κ1) is 17.3. The summed E-state index contributed by atoms with van der Waals surface area (Å²) in [6, 6.07) is 3.79. The number of sulfone groups is 1. The summed E-state index contributed by atoms with van der Waals surface area (Å²) in [6.45, 7) is -0.1000. The lowest BCUT2D eigenvalue weighted by molar-refractivity contribution is -0.386. The van der Waals surface area contributed by atoms with Crippen molar-refractivity contribution >= 4 is 31.2 Å². The number of nitro groups is 1. The fourth-order valence-electron chi connectivity index (χ4n) is 1.57. The van der Waals surface area contributed by atoms with Crippen LogP contribution < -0.4 is 10.0 Å². The van der Waals surface area contributed by atoms with Gasteiger partial charge in [0.2, 0.25) is 10.0 Å². The van der Waals surface area contributed by atoms with Crippen LogP contribution >= 0.6 is 0 Å². The topological polar surface area (TPSA) is 135 Å². The lowest BCUT2D eigenvalue weighted by atomic mass is 10.2. The van der Waals surface area contributed by atoms with E-state index >= 15 is 0 Å². The van der Waals surface area contributed by atoms with Gasteiger partial charge in [-0.1, -0.05) is 6.07 Å². The van der Waals surface area contributed by atoms with Gasteiger partial charge in [0, 0.05) is 12.8 Å². The number of sulfonamides is 1. The number of nitrogens with zero attached hydrogens (tertiary/aromatic N) is 1. The zero-order valence-electron chi connectivity index (χ0n) is 11.4. The molecule has 118 valence electrons. The fourth-order valence-corrected chi connectivity index (χ4v) is 3.01. The van der Waals surface area contributed by atoms with Gasteiger partial charge in [0.1, 0.15) is 10.6 Å². The summed E-state index contributed by atoms with van der Waals surface area (Å²) in [4.78, 5) is 9.84. The summed E-state index contributed by atoms with van der Waals surface area (Å²) in [7, 11) is -5.98. The number of hydrogen-bond donors (Lipinski definition) is 2. The zero-order valence-corrected chi connectivity index (χ0v) is 13.0. The van der Waals surface area contributed by atoms with Crippen LogP contribution in [0.1, 0.15) is 0 Å². The molecule has 0 fully saturated rings. The van der Waals surface area contributed by atoms with Crippen molar-refractivity contribution in [3.63, 3.8) is 0 Å². The van der Waals surface area contributed by atoms with Crippen molar-refractivity contribution in [1.29, 1.82) is 0 Å². The Morgan fingerprint density at radius 3 is 2.33 bits per heavy atom. The second-order valence-corrected chi connectivity index (χ2v) is 8.16. The first-order valence-electron chi connectivity index (χ1n) is 5.71. The monoisotopic (exact) mass is 337 g/mol. The van der Waals surface area contributed by atoms with Crippen LogP contribution in [0.15, 0.2) is 23.1 Å². The molecule has 0 aliphatic rings. The highest BCUT2D eigenvalue weighted by Gasteiger charge is 2.26. The third kappa shape index (κ3) is 4.65. The van der Waals surface area contributed by atoms with E-state index in [1.165, 1.54) is 19.2 Å². The van der Waals surface area contributed by atoms with E-state index in [1.807, 2.05) is 0 Å². The van der Waals surface area contributed by atoms with E-state index < -0.39 is 35.4 Å². The Morgan fingerprint density at radius 2 is 1.86 bits per heavy atom. The lowest BCUT2D eigenvalue weighted by Gasteiger charge is -2.09. The van der Waals surface area contributed by atoms with Crippen molar-refractivity contribution in [1.82, 2.24) is 4.72 Å². The Hall–Kier alpha value is -1.72. The van der Waals surface area contributed by atoms with Crippen LogP contribution in [0.25, 0.3) is 0 Å². The largest absolute Gasteiger partial charge is 0.378 e. The van der Waals surface area contributed by atoms with Crippen molar-refractivity contribution in [3.8, 4) is 0 Å². The van der Waals surface area contributed by atoms with Gasteiger partial charge in [-0.05, 0) is 19.2 Å². The Labute approximate surface area is 122 Å². The van der Waals surface area contributed by atoms with Crippen LogP contribution in [0.4, 0.5) is 11.4 Å². The molecule has 0 amide bonds. The molecule has 0 bridgehead atoms. The smallest absolute Gasteiger partial charge is 0.310 e. The molecule has 0 radical (unpaired) electrons. The number of nitro benzene ring substituents is 1. The van der Waals surface area contributed by atoms with Crippen LogP contribution in [0.5, 0.6) is 0 Å². The minimum Gasteiger partial charge on any atom is -0.378 e. The van der Waals surface area contributed by atoms with Gasteiger partial charge in [-0.25, -0.2) is 21.6 Å². The summed E-state index contributed by atoms with van der Waals surface area (Å²) >= 11 is 0. The molecule has 2 N–H and O–H groups in total. The number of hydrogen-bond acceptors (Lipinski definition) is 7. The Balaban J connectivity index is 3.12. The van der Waals surface area contributed by atoms with Gasteiger partial charge in [-0.2, -0.15) is 0 Å². The third-order valence-corrected chi connectivity index (χ3v) is 5.07. The quantitative estimate of drug-likeness (QED) is 0.526. The second kappa shape index (κ2) is 6.37. The van der Waals surface area contributed by atoms with Crippen molar-refractivity contribution in [2.45, 2.75) is 4.90 Å². The Kier molecular flexibility index (Phi) is 5.25. The minimum absolute atomic E-state index is 0.0470. The molecule has 1 aromatic rings. The van der Waals surface area contributed by atoms with Crippen LogP contribution in [0, 0.1) is 10.1 Å². The van der Waals surface area contributed by atoms with Gasteiger partial charge >= 0.3 is 5.69 Å². The Morgan fingerprint density at radius 1 is 1.24 bits per heavy atom. The van der Waals surface area contributed by atoms with Crippen molar-refractivity contribution in [2.75, 3.05) is 30.9 Å². The first-order valence-corrected chi connectivity index (χ1v) is 9.25. The molecule has 0 unspecified atom stereocenters. The van der Waals surface area contributed by atoms with Crippen LogP contribution in [0.2, 0.25) is 0 Å². The molecule has 1 rings (SSSR count). The van der Waals surface area contributed by atoms with Crippen molar-refractivity contribution in [2.24, 2.45) is 0 Å². The molecule has 0 heterocycles. The van der Waals surface area contributed by atoms with E-state index in [0.29, 0.717) is 0 Å². The molecule has 0 aliphatic heterocycles. The van der Waals surface area contributed by atoms with Crippen LogP contribution in [-0.2, 0) is 19.9 Å². The maximum absolute atomic E-state index is 11.6. The van der Waals surface area contributed by atoms with Gasteiger partial charge in [0.25, 0.3) is 0 Å². The van der Waals surface area contributed by atoms with E-state index in [9.17, 15) is 26.9 Å². The van der Waals surface area contributed by atoms with Crippen LogP contribution in [0.3, 0.4) is 0 Å². The number of rotatable bonds is 7. The number of benzene rings is 1. The molecule has 0 saturated carbocycles. The summed E-state index contributed by atoms with van der Waals surface area (Å²) < 4.78 is 47.7. The summed E-state index contributed by atoms with van der Waals surface area (Å²) in [5.74, 6) is -0.302. The minimum atomic E-state index is -3.77. The predicted molar refractivity (Wildman–Crippen MR) is 77.5 cm³/mol. The summed E-state index contributed by atoms with van der Waals surface area (Å²) in [5.41, 5.74) is -0.643. The molecular formula is C10H15N3O6S2. The first-order chi connectivity index (χ1) is 9.58. The standard InChI is InChI=1S/C10H15N3O6S2/c1-11-21(18,19)7-6-12-8-4-3-5-9(20(2,16)17)10(8)13(14)15/h3-5,11-12H,6-7H2,1-2H3. The van der Waals surface area contributed by atoms with E-state index in [0.717, 1.165) is 12.3 Å². The van der Waals surface area contributed by atoms with E-state index in [2.05, 4.69) is 10.0 Å². The SMILES string of the molecule is CNS(=O)(=O)CCNc1cccc(S(C)(=O)=O)c1[N+](=O)[O-]. The fraction of sp³-hybridized carbons (Fsp3) is 0.400. The zero-order chi connectivity index (χ0) is 16.3. The molecule has 9 nitrogen and oxygen atoms in total. The van der Waals surface area contributed by atoms with Gasteiger partial charge in [-0.15, -0.1) is 0 Å². The van der Waals surface area contributed by atoms with Crippen molar-refractivity contribution < 1.29 is 21.8 Å². The predicted octanol–water partition coefficient (Wildman–Crippen LogP) is -0.0406. The maximum atomic E-state index is 11.6. The van der Waals surface area contributed by atoms with Gasteiger partial charge < -0.3 is 5.32 Å². The molecule has 0 saturated heterocycles.